The molecule has 0 bridgehead atoms. The standard InChI is InChI=1S/C12H19N3O/c1-15-9-10(7-14-15)4-5-12(16)11-3-2-6-13-8-11/h7,9,11,13H,2-6,8H2,1H3. The van der Waals surface area contributed by atoms with Crippen LogP contribution < -0.4 is 5.32 Å². The second kappa shape index (κ2) is 5.25. The van der Waals surface area contributed by atoms with Crippen molar-refractivity contribution in [1.82, 2.24) is 15.1 Å². The van der Waals surface area contributed by atoms with Gasteiger partial charge in [-0.05, 0) is 31.4 Å². The Labute approximate surface area is 96.0 Å². The lowest BCUT2D eigenvalue weighted by Crippen LogP contribution is -2.34. The Balaban J connectivity index is 1.78. The zero-order valence-corrected chi connectivity index (χ0v) is 9.78. The first-order valence-corrected chi connectivity index (χ1v) is 5.96. The first-order chi connectivity index (χ1) is 7.75. The molecule has 0 radical (unpaired) electrons. The first kappa shape index (κ1) is 11.3. The van der Waals surface area contributed by atoms with Crippen molar-refractivity contribution in [1.29, 1.82) is 0 Å². The van der Waals surface area contributed by atoms with E-state index in [1.165, 1.54) is 0 Å². The van der Waals surface area contributed by atoms with Crippen molar-refractivity contribution in [3.8, 4) is 0 Å². The van der Waals surface area contributed by atoms with Gasteiger partial charge in [0.15, 0.2) is 0 Å². The maximum absolute atomic E-state index is 11.9. The molecule has 1 aromatic heterocycles. The molecule has 88 valence electrons. The maximum atomic E-state index is 11.9. The van der Waals surface area contributed by atoms with Gasteiger partial charge in [0.05, 0.1) is 6.20 Å². The number of ketones is 1. The third-order valence-electron chi connectivity index (χ3n) is 3.17. The summed E-state index contributed by atoms with van der Waals surface area (Å²) in [5.74, 6) is 0.640. The molecule has 0 saturated carbocycles. The summed E-state index contributed by atoms with van der Waals surface area (Å²) >= 11 is 0. The number of carbonyl (C=O) groups is 1. The highest BCUT2D eigenvalue weighted by atomic mass is 16.1. The van der Waals surface area contributed by atoms with Gasteiger partial charge in [-0.2, -0.15) is 5.10 Å². The lowest BCUT2D eigenvalue weighted by atomic mass is 9.92. The predicted molar refractivity (Wildman–Crippen MR) is 62.1 cm³/mol. The number of nitrogens with zero attached hydrogens (tertiary/aromatic N) is 2. The second-order valence-electron chi connectivity index (χ2n) is 4.53. The monoisotopic (exact) mass is 221 g/mol. The Hall–Kier alpha value is -1.16. The lowest BCUT2D eigenvalue weighted by Gasteiger charge is -2.21. The molecule has 1 aliphatic rings. The second-order valence-corrected chi connectivity index (χ2v) is 4.53. The molecule has 0 spiro atoms. The molecule has 1 aliphatic heterocycles. The van der Waals surface area contributed by atoms with E-state index < -0.39 is 0 Å². The van der Waals surface area contributed by atoms with E-state index in [0.717, 1.165) is 37.9 Å². The van der Waals surface area contributed by atoms with Gasteiger partial charge in [0, 0.05) is 32.1 Å². The Morgan fingerprint density at radius 1 is 1.69 bits per heavy atom. The van der Waals surface area contributed by atoms with Crippen LogP contribution in [0.1, 0.15) is 24.8 Å². The minimum atomic E-state index is 0.241. The molecule has 1 atom stereocenters. The minimum Gasteiger partial charge on any atom is -0.316 e. The van der Waals surface area contributed by atoms with Gasteiger partial charge in [0.25, 0.3) is 0 Å². The van der Waals surface area contributed by atoms with E-state index in [-0.39, 0.29) is 5.92 Å². The van der Waals surface area contributed by atoms with Gasteiger partial charge in [-0.15, -0.1) is 0 Å². The van der Waals surface area contributed by atoms with Gasteiger partial charge in [0.2, 0.25) is 0 Å². The highest BCUT2D eigenvalue weighted by Crippen LogP contribution is 2.14. The fraction of sp³-hybridized carbons (Fsp3) is 0.667. The van der Waals surface area contributed by atoms with E-state index in [1.54, 1.807) is 4.68 Å². The van der Waals surface area contributed by atoms with Gasteiger partial charge >= 0.3 is 0 Å². The molecule has 0 amide bonds. The Morgan fingerprint density at radius 2 is 2.56 bits per heavy atom. The molecule has 2 rings (SSSR count). The molecule has 1 aromatic rings. The molecule has 16 heavy (non-hydrogen) atoms. The van der Waals surface area contributed by atoms with Crippen molar-refractivity contribution in [2.24, 2.45) is 13.0 Å². The van der Waals surface area contributed by atoms with Gasteiger partial charge in [-0.25, -0.2) is 0 Å². The quantitative estimate of drug-likeness (QED) is 0.822. The van der Waals surface area contributed by atoms with Gasteiger partial charge in [-0.1, -0.05) is 0 Å². The molecule has 1 saturated heterocycles. The number of aromatic nitrogens is 2. The summed E-state index contributed by atoms with van der Waals surface area (Å²) in [6, 6.07) is 0. The summed E-state index contributed by atoms with van der Waals surface area (Å²) in [5.41, 5.74) is 1.15. The summed E-state index contributed by atoms with van der Waals surface area (Å²) in [6.07, 6.45) is 7.47. The van der Waals surface area contributed by atoms with Crippen molar-refractivity contribution < 1.29 is 4.79 Å². The van der Waals surface area contributed by atoms with Crippen LogP contribution in [-0.2, 0) is 18.3 Å². The molecule has 1 N–H and O–H groups in total. The van der Waals surface area contributed by atoms with E-state index in [0.29, 0.717) is 12.2 Å². The third-order valence-corrected chi connectivity index (χ3v) is 3.17. The van der Waals surface area contributed by atoms with Crippen LogP contribution in [0.15, 0.2) is 12.4 Å². The average Bonchev–Trinajstić information content (AvgIpc) is 2.73. The predicted octanol–water partition coefficient (Wildman–Crippen LogP) is 0.921. The molecule has 0 aliphatic carbocycles. The number of piperidine rings is 1. The number of nitrogens with one attached hydrogen (secondary N) is 1. The lowest BCUT2D eigenvalue weighted by molar-refractivity contribution is -0.123. The normalized spacial score (nSPS) is 20.9. The summed E-state index contributed by atoms with van der Waals surface area (Å²) in [6.45, 7) is 1.93. The smallest absolute Gasteiger partial charge is 0.137 e. The highest BCUT2D eigenvalue weighted by molar-refractivity contribution is 5.81. The molecule has 4 nitrogen and oxygen atoms in total. The van der Waals surface area contributed by atoms with Crippen molar-refractivity contribution in [2.75, 3.05) is 13.1 Å². The van der Waals surface area contributed by atoms with Crippen LogP contribution in [-0.4, -0.2) is 28.7 Å². The van der Waals surface area contributed by atoms with Crippen molar-refractivity contribution in [3.05, 3.63) is 18.0 Å². The molecular weight excluding hydrogens is 202 g/mol. The summed E-state index contributed by atoms with van der Waals surface area (Å²) < 4.78 is 1.78. The fourth-order valence-corrected chi connectivity index (χ4v) is 2.20. The van der Waals surface area contributed by atoms with Crippen molar-refractivity contribution in [2.45, 2.75) is 25.7 Å². The molecule has 1 unspecified atom stereocenters. The van der Waals surface area contributed by atoms with E-state index in [1.807, 2.05) is 19.4 Å². The Bertz CT molecular complexity index is 353. The number of aryl methyl sites for hydroxylation is 2. The van der Waals surface area contributed by atoms with Crippen LogP contribution in [0.4, 0.5) is 0 Å². The summed E-state index contributed by atoms with van der Waals surface area (Å²) in [4.78, 5) is 11.9. The van der Waals surface area contributed by atoms with E-state index in [4.69, 9.17) is 0 Å². The number of hydrogen-bond donors (Lipinski definition) is 1. The van der Waals surface area contributed by atoms with E-state index >= 15 is 0 Å². The SMILES string of the molecule is Cn1cc(CCC(=O)C2CCCNC2)cn1. The maximum Gasteiger partial charge on any atom is 0.137 e. The number of carbonyl (C=O) groups excluding carboxylic acids is 1. The minimum absolute atomic E-state index is 0.241. The number of Topliss-reactive ketones (excluding diaryl/α,β-unsaturated/α-hetero) is 1. The Kier molecular flexibility index (Phi) is 3.72. The summed E-state index contributed by atoms with van der Waals surface area (Å²) in [7, 11) is 1.90. The zero-order valence-electron chi connectivity index (χ0n) is 9.78. The van der Waals surface area contributed by atoms with Crippen LogP contribution in [0.5, 0.6) is 0 Å². The van der Waals surface area contributed by atoms with Crippen molar-refractivity contribution in [3.63, 3.8) is 0 Å². The zero-order chi connectivity index (χ0) is 11.4. The largest absolute Gasteiger partial charge is 0.316 e. The molecule has 1 fully saturated rings. The molecule has 0 aromatic carbocycles. The van der Waals surface area contributed by atoms with Crippen LogP contribution >= 0.6 is 0 Å². The third kappa shape index (κ3) is 2.92. The molecule has 2 heterocycles. The average molecular weight is 221 g/mol. The van der Waals surface area contributed by atoms with Crippen LogP contribution in [0.3, 0.4) is 0 Å². The van der Waals surface area contributed by atoms with Gasteiger partial charge in [0.1, 0.15) is 5.78 Å². The van der Waals surface area contributed by atoms with E-state index in [2.05, 4.69) is 10.4 Å². The van der Waals surface area contributed by atoms with Gasteiger partial charge in [-0.3, -0.25) is 9.48 Å². The summed E-state index contributed by atoms with van der Waals surface area (Å²) in [5, 5.41) is 7.38. The van der Waals surface area contributed by atoms with Crippen LogP contribution in [0.25, 0.3) is 0 Å². The molecule has 4 heteroatoms. The molecular formula is C12H19N3O. The number of rotatable bonds is 4. The van der Waals surface area contributed by atoms with Crippen molar-refractivity contribution >= 4 is 5.78 Å². The fourth-order valence-electron chi connectivity index (χ4n) is 2.20. The van der Waals surface area contributed by atoms with E-state index in [9.17, 15) is 4.79 Å². The Morgan fingerprint density at radius 3 is 3.19 bits per heavy atom. The highest BCUT2D eigenvalue weighted by Gasteiger charge is 2.20. The number of hydrogen-bond acceptors (Lipinski definition) is 3. The first-order valence-electron chi connectivity index (χ1n) is 5.96. The van der Waals surface area contributed by atoms with Crippen LogP contribution in [0, 0.1) is 5.92 Å². The van der Waals surface area contributed by atoms with Crippen LogP contribution in [0.2, 0.25) is 0 Å². The van der Waals surface area contributed by atoms with Gasteiger partial charge < -0.3 is 5.32 Å². The topological polar surface area (TPSA) is 46.9 Å².